The minimum absolute atomic E-state index is 0.181. The van der Waals surface area contributed by atoms with E-state index in [9.17, 15) is 19.5 Å². The van der Waals surface area contributed by atoms with Gasteiger partial charge in [0, 0.05) is 12.0 Å². The number of carbonyl (C=O) groups is 3. The monoisotopic (exact) mass is 295 g/mol. The molecular formula is C12H13N3O6. The van der Waals surface area contributed by atoms with Crippen molar-refractivity contribution < 1.29 is 33.8 Å². The van der Waals surface area contributed by atoms with Gasteiger partial charge in [-0.3, -0.25) is 9.59 Å². The molecule has 0 radical (unpaired) electrons. The number of aliphatic hydroxyl groups excluding tert-OH is 1. The summed E-state index contributed by atoms with van der Waals surface area (Å²) in [7, 11) is 0. The van der Waals surface area contributed by atoms with E-state index in [2.05, 4.69) is 10.1 Å². The van der Waals surface area contributed by atoms with Crippen LogP contribution in [0.5, 0.6) is 0 Å². The van der Waals surface area contributed by atoms with Crippen LogP contribution in [0, 0.1) is 0 Å². The number of hydrogen-bond acceptors (Lipinski definition) is 5. The van der Waals surface area contributed by atoms with Gasteiger partial charge in [-0.25, -0.2) is 4.79 Å². The van der Waals surface area contributed by atoms with Gasteiger partial charge in [0.25, 0.3) is 5.91 Å². The molecule has 0 saturated carbocycles. The van der Waals surface area contributed by atoms with Crippen LogP contribution in [0.25, 0.3) is 5.53 Å². The van der Waals surface area contributed by atoms with Crippen molar-refractivity contribution in [3.8, 4) is 0 Å². The molecule has 1 aromatic rings. The van der Waals surface area contributed by atoms with Crippen LogP contribution in [-0.4, -0.2) is 44.9 Å². The number of furan rings is 1. The summed E-state index contributed by atoms with van der Waals surface area (Å²) in [5, 5.41) is 20.8. The normalized spacial score (nSPS) is 12.8. The number of carboxylic acids is 1. The van der Waals surface area contributed by atoms with Crippen molar-refractivity contribution in [3.05, 3.63) is 29.7 Å². The molecule has 0 aliphatic rings. The zero-order valence-electron chi connectivity index (χ0n) is 10.8. The zero-order chi connectivity index (χ0) is 15.8. The van der Waals surface area contributed by atoms with Gasteiger partial charge in [0.2, 0.25) is 5.78 Å². The summed E-state index contributed by atoms with van der Waals surface area (Å²) in [6.45, 7) is 0. The van der Waals surface area contributed by atoms with E-state index >= 15 is 0 Å². The highest BCUT2D eigenvalue weighted by molar-refractivity contribution is 6.25. The predicted molar refractivity (Wildman–Crippen MR) is 67.2 cm³/mol. The Kier molecular flexibility index (Phi) is 5.99. The molecule has 21 heavy (non-hydrogen) atoms. The maximum Gasteiger partial charge on any atom is 0.326 e. The molecule has 0 aliphatic heterocycles. The van der Waals surface area contributed by atoms with Crippen LogP contribution < -0.4 is 5.32 Å². The van der Waals surface area contributed by atoms with Crippen LogP contribution >= 0.6 is 0 Å². The second kappa shape index (κ2) is 7.73. The Bertz CT molecular complexity index is 562. The molecule has 9 nitrogen and oxygen atoms in total. The molecule has 3 N–H and O–H groups in total. The summed E-state index contributed by atoms with van der Waals surface area (Å²) in [5.74, 6) is -2.86. The second-order valence-corrected chi connectivity index (χ2v) is 4.11. The average molecular weight is 295 g/mol. The molecule has 2 atom stereocenters. The fourth-order valence-corrected chi connectivity index (χ4v) is 1.51. The molecule has 0 fully saturated rings. The first-order valence-electron chi connectivity index (χ1n) is 5.89. The number of Topliss-reactive ketones (excluding diaryl/α,β-unsaturated/α-hetero) is 1. The number of aliphatic hydroxyl groups is 1. The Morgan fingerprint density at radius 1 is 1.48 bits per heavy atom. The Labute approximate surface area is 118 Å². The molecule has 0 aliphatic carbocycles. The lowest BCUT2D eigenvalue weighted by Crippen LogP contribution is -2.43. The van der Waals surface area contributed by atoms with Crippen molar-refractivity contribution >= 4 is 23.9 Å². The van der Waals surface area contributed by atoms with Gasteiger partial charge < -0.3 is 25.5 Å². The average Bonchev–Trinajstić information content (AvgIpc) is 2.96. The van der Waals surface area contributed by atoms with Crippen LogP contribution in [0.15, 0.2) is 23.0 Å². The highest BCUT2D eigenvalue weighted by Gasteiger charge is 2.26. The van der Waals surface area contributed by atoms with E-state index in [4.69, 9.17) is 15.1 Å². The fraction of sp³-hybridized carbons (Fsp3) is 0.333. The number of ketones is 1. The summed E-state index contributed by atoms with van der Waals surface area (Å²) >= 11 is 0. The Morgan fingerprint density at radius 2 is 2.19 bits per heavy atom. The molecule has 0 saturated heterocycles. The number of amides is 1. The molecule has 0 unspecified atom stereocenters. The van der Waals surface area contributed by atoms with E-state index in [-0.39, 0.29) is 18.4 Å². The first-order chi connectivity index (χ1) is 9.95. The lowest BCUT2D eigenvalue weighted by molar-refractivity contribution is -0.143. The largest absolute Gasteiger partial charge is 0.480 e. The molecule has 0 spiro atoms. The van der Waals surface area contributed by atoms with E-state index in [1.807, 2.05) is 0 Å². The number of carbonyl (C=O) groups excluding carboxylic acids is 2. The number of hydrogen-bond donors (Lipinski definition) is 3. The third-order valence-corrected chi connectivity index (χ3v) is 2.60. The molecule has 1 rings (SSSR count). The summed E-state index contributed by atoms with van der Waals surface area (Å²) in [6.07, 6.45) is 1.04. The van der Waals surface area contributed by atoms with Crippen molar-refractivity contribution in [2.75, 3.05) is 0 Å². The van der Waals surface area contributed by atoms with E-state index in [1.54, 1.807) is 0 Å². The maximum absolute atomic E-state index is 11.7. The molecule has 1 heterocycles. The number of rotatable bonds is 8. The van der Waals surface area contributed by atoms with Gasteiger partial charge in [-0.1, -0.05) is 0 Å². The minimum atomic E-state index is -1.57. The number of carboxylic acid groups (broad SMARTS) is 1. The van der Waals surface area contributed by atoms with Gasteiger partial charge in [0.15, 0.2) is 6.10 Å². The van der Waals surface area contributed by atoms with Crippen molar-refractivity contribution in [3.63, 3.8) is 0 Å². The van der Waals surface area contributed by atoms with E-state index < -0.39 is 29.8 Å². The molecule has 112 valence electrons. The first kappa shape index (κ1) is 16.3. The van der Waals surface area contributed by atoms with E-state index in [0.29, 0.717) is 6.21 Å². The second-order valence-electron chi connectivity index (χ2n) is 4.11. The van der Waals surface area contributed by atoms with Gasteiger partial charge in [-0.2, -0.15) is 4.79 Å². The number of nitrogens with zero attached hydrogens (tertiary/aromatic N) is 2. The van der Waals surface area contributed by atoms with E-state index in [0.717, 1.165) is 6.26 Å². The number of aliphatic carboxylic acids is 1. The van der Waals surface area contributed by atoms with Crippen molar-refractivity contribution in [2.45, 2.75) is 25.0 Å². The summed E-state index contributed by atoms with van der Waals surface area (Å²) < 4.78 is 4.70. The topological polar surface area (TPSA) is 153 Å². The highest BCUT2D eigenvalue weighted by Crippen LogP contribution is 2.13. The molecule has 0 aromatic carbocycles. The SMILES string of the molecule is [N-]=[N+]=CC(=O)CC[C@H](NC(=O)[C@@H](O)c1ccoc1)C(=O)O. The summed E-state index contributed by atoms with van der Waals surface area (Å²) in [4.78, 5) is 36.3. The van der Waals surface area contributed by atoms with Gasteiger partial charge in [-0.15, -0.1) is 0 Å². The summed E-state index contributed by atoms with van der Waals surface area (Å²) in [6, 6.07) is 0.0106. The fourth-order valence-electron chi connectivity index (χ4n) is 1.51. The lowest BCUT2D eigenvalue weighted by Gasteiger charge is -2.15. The molecule has 1 amide bonds. The van der Waals surface area contributed by atoms with Crippen LogP contribution in [0.2, 0.25) is 0 Å². The minimum Gasteiger partial charge on any atom is -0.480 e. The number of nitrogens with one attached hydrogen (secondary N) is 1. The Morgan fingerprint density at radius 3 is 2.71 bits per heavy atom. The van der Waals surface area contributed by atoms with Gasteiger partial charge >= 0.3 is 12.2 Å². The summed E-state index contributed by atoms with van der Waals surface area (Å²) in [5.41, 5.74) is 8.34. The quantitative estimate of drug-likeness (QED) is 0.335. The molecule has 1 aromatic heterocycles. The molecular weight excluding hydrogens is 282 g/mol. The maximum atomic E-state index is 11.7. The van der Waals surface area contributed by atoms with E-state index in [1.165, 1.54) is 12.3 Å². The van der Waals surface area contributed by atoms with Crippen molar-refractivity contribution in [1.82, 2.24) is 5.32 Å². The van der Waals surface area contributed by atoms with Gasteiger partial charge in [0.05, 0.1) is 12.5 Å². The van der Waals surface area contributed by atoms with Crippen LogP contribution in [0.3, 0.4) is 0 Å². The standard InChI is InChI=1S/C12H13N3O6/c13-14-5-8(16)1-2-9(12(19)20)15-11(18)10(17)7-3-4-21-6-7/h3-6,9-10,17H,1-2H2,(H,15,18)(H,19,20)/t9-,10-/m0/s1. The van der Waals surface area contributed by atoms with Crippen LogP contribution in [0.4, 0.5) is 0 Å². The van der Waals surface area contributed by atoms with Crippen LogP contribution in [0.1, 0.15) is 24.5 Å². The molecule has 0 bridgehead atoms. The third kappa shape index (κ3) is 5.01. The Hall–Kier alpha value is -2.77. The zero-order valence-corrected chi connectivity index (χ0v) is 10.8. The highest BCUT2D eigenvalue weighted by atomic mass is 16.4. The van der Waals surface area contributed by atoms with Crippen LogP contribution in [-0.2, 0) is 14.4 Å². The Balaban J connectivity index is 2.61. The van der Waals surface area contributed by atoms with Gasteiger partial charge in [-0.05, 0) is 12.5 Å². The molecule has 9 heteroatoms. The first-order valence-corrected chi connectivity index (χ1v) is 5.89. The van der Waals surface area contributed by atoms with Gasteiger partial charge in [0.1, 0.15) is 6.04 Å². The third-order valence-electron chi connectivity index (χ3n) is 2.60. The van der Waals surface area contributed by atoms with Crippen molar-refractivity contribution in [1.29, 1.82) is 0 Å². The lowest BCUT2D eigenvalue weighted by atomic mass is 10.1. The van der Waals surface area contributed by atoms with Crippen molar-refractivity contribution in [2.24, 2.45) is 0 Å². The smallest absolute Gasteiger partial charge is 0.326 e. The predicted octanol–water partition coefficient (Wildman–Crippen LogP) is -0.468.